The van der Waals surface area contributed by atoms with E-state index in [4.69, 9.17) is 5.73 Å². The van der Waals surface area contributed by atoms with Gasteiger partial charge in [-0.2, -0.15) is 0 Å². The van der Waals surface area contributed by atoms with Gasteiger partial charge in [0.25, 0.3) is 0 Å². The molecule has 0 saturated carbocycles. The van der Waals surface area contributed by atoms with Crippen molar-refractivity contribution in [2.45, 2.75) is 32.9 Å². The quantitative estimate of drug-likeness (QED) is 0.713. The summed E-state index contributed by atoms with van der Waals surface area (Å²) in [5.41, 5.74) is 5.46. The highest BCUT2D eigenvalue weighted by Gasteiger charge is 2.16. The standard InChI is InChI=1S/C9H21NOS/c1-7(2)9(4)12(11)6-8(3)5-10/h7-9H,5-6,10H2,1-4H3. The van der Waals surface area contributed by atoms with Crippen LogP contribution in [0.3, 0.4) is 0 Å². The number of hydrogen-bond donors (Lipinski definition) is 1. The molecule has 2 nitrogen and oxygen atoms in total. The van der Waals surface area contributed by atoms with Crippen LogP contribution in [0.1, 0.15) is 27.7 Å². The van der Waals surface area contributed by atoms with Gasteiger partial charge in [0, 0.05) is 21.8 Å². The minimum absolute atomic E-state index is 0.291. The van der Waals surface area contributed by atoms with E-state index >= 15 is 0 Å². The maximum Gasteiger partial charge on any atom is 0.0342 e. The van der Waals surface area contributed by atoms with Gasteiger partial charge in [-0.1, -0.05) is 27.7 Å². The summed E-state index contributed by atoms with van der Waals surface area (Å²) in [6, 6.07) is 0. The molecule has 74 valence electrons. The molecule has 0 fully saturated rings. The monoisotopic (exact) mass is 191 g/mol. The van der Waals surface area contributed by atoms with E-state index in [1.807, 2.05) is 13.8 Å². The molecule has 3 unspecified atom stereocenters. The molecule has 0 spiro atoms. The van der Waals surface area contributed by atoms with Gasteiger partial charge in [-0.25, -0.2) is 0 Å². The zero-order valence-corrected chi connectivity index (χ0v) is 9.36. The SMILES string of the molecule is CC(CN)CS(=O)C(C)C(C)C. The van der Waals surface area contributed by atoms with Gasteiger partial charge in [0.1, 0.15) is 0 Å². The molecule has 3 heteroatoms. The molecular formula is C9H21NOS. The van der Waals surface area contributed by atoms with Gasteiger partial charge in [0.15, 0.2) is 0 Å². The molecule has 0 bridgehead atoms. The van der Waals surface area contributed by atoms with E-state index in [9.17, 15) is 4.21 Å². The Hall–Kier alpha value is 0.110. The smallest absolute Gasteiger partial charge is 0.0342 e. The average molecular weight is 191 g/mol. The summed E-state index contributed by atoms with van der Waals surface area (Å²) < 4.78 is 11.6. The first-order valence-electron chi connectivity index (χ1n) is 4.56. The lowest BCUT2D eigenvalue weighted by Gasteiger charge is -2.17. The van der Waals surface area contributed by atoms with Crippen molar-refractivity contribution in [1.82, 2.24) is 0 Å². The summed E-state index contributed by atoms with van der Waals surface area (Å²) in [5, 5.41) is 0.291. The van der Waals surface area contributed by atoms with Crippen molar-refractivity contribution in [2.75, 3.05) is 12.3 Å². The van der Waals surface area contributed by atoms with Crippen molar-refractivity contribution in [3.8, 4) is 0 Å². The van der Waals surface area contributed by atoms with Crippen LogP contribution in [0, 0.1) is 11.8 Å². The van der Waals surface area contributed by atoms with E-state index < -0.39 is 10.8 Å². The Labute approximate surface area is 78.4 Å². The highest BCUT2D eigenvalue weighted by Crippen LogP contribution is 2.10. The molecular weight excluding hydrogens is 170 g/mol. The normalized spacial score (nSPS) is 19.2. The van der Waals surface area contributed by atoms with Crippen LogP contribution in [0.4, 0.5) is 0 Å². The van der Waals surface area contributed by atoms with Gasteiger partial charge >= 0.3 is 0 Å². The fourth-order valence-corrected chi connectivity index (χ4v) is 2.41. The molecule has 12 heavy (non-hydrogen) atoms. The largest absolute Gasteiger partial charge is 0.330 e. The van der Waals surface area contributed by atoms with Crippen LogP contribution in [0.2, 0.25) is 0 Å². The lowest BCUT2D eigenvalue weighted by Crippen LogP contribution is -2.25. The van der Waals surface area contributed by atoms with E-state index in [0.29, 0.717) is 23.6 Å². The highest BCUT2D eigenvalue weighted by molar-refractivity contribution is 7.85. The van der Waals surface area contributed by atoms with Gasteiger partial charge < -0.3 is 5.73 Å². The van der Waals surface area contributed by atoms with E-state index in [1.165, 1.54) is 0 Å². The summed E-state index contributed by atoms with van der Waals surface area (Å²) in [7, 11) is -0.705. The Morgan fingerprint density at radius 1 is 1.25 bits per heavy atom. The van der Waals surface area contributed by atoms with Crippen LogP contribution >= 0.6 is 0 Å². The third-order valence-electron chi connectivity index (χ3n) is 2.20. The van der Waals surface area contributed by atoms with E-state index in [1.54, 1.807) is 0 Å². The van der Waals surface area contributed by atoms with E-state index in [0.717, 1.165) is 5.75 Å². The lowest BCUT2D eigenvalue weighted by molar-refractivity contribution is 0.590. The van der Waals surface area contributed by atoms with Crippen molar-refractivity contribution in [3.05, 3.63) is 0 Å². The predicted octanol–water partition coefficient (Wildman–Crippen LogP) is 1.37. The fourth-order valence-electron chi connectivity index (χ4n) is 0.804. The van der Waals surface area contributed by atoms with Crippen LogP contribution in [0.25, 0.3) is 0 Å². The third-order valence-corrected chi connectivity index (χ3v) is 4.48. The Morgan fingerprint density at radius 2 is 1.75 bits per heavy atom. The predicted molar refractivity (Wildman–Crippen MR) is 55.5 cm³/mol. The molecule has 0 radical (unpaired) electrons. The Bertz CT molecular complexity index is 147. The van der Waals surface area contributed by atoms with Gasteiger partial charge in [-0.15, -0.1) is 0 Å². The molecule has 0 aliphatic heterocycles. The van der Waals surface area contributed by atoms with E-state index in [2.05, 4.69) is 13.8 Å². The molecule has 2 N–H and O–H groups in total. The topological polar surface area (TPSA) is 43.1 Å². The molecule has 0 saturated heterocycles. The van der Waals surface area contributed by atoms with Gasteiger partial charge in [-0.05, 0) is 18.4 Å². The zero-order valence-electron chi connectivity index (χ0n) is 8.54. The molecule has 0 amide bonds. The summed E-state index contributed by atoms with van der Waals surface area (Å²) in [5.74, 6) is 1.62. The first-order valence-corrected chi connectivity index (χ1v) is 5.94. The second-order valence-corrected chi connectivity index (χ2v) is 5.68. The maximum absolute atomic E-state index is 11.6. The van der Waals surface area contributed by atoms with Crippen LogP contribution in [-0.2, 0) is 10.8 Å². The van der Waals surface area contributed by atoms with Crippen LogP contribution in [0.5, 0.6) is 0 Å². The third kappa shape index (κ3) is 4.21. The summed E-state index contributed by atoms with van der Waals surface area (Å²) in [6.45, 7) is 8.94. The molecule has 0 rings (SSSR count). The van der Waals surface area contributed by atoms with Gasteiger partial charge in [0.2, 0.25) is 0 Å². The first-order chi connectivity index (χ1) is 5.49. The van der Waals surface area contributed by atoms with Crippen LogP contribution < -0.4 is 5.73 Å². The Balaban J connectivity index is 3.87. The fraction of sp³-hybridized carbons (Fsp3) is 1.00. The van der Waals surface area contributed by atoms with Crippen molar-refractivity contribution >= 4 is 10.8 Å². The molecule has 0 aromatic carbocycles. The molecule has 0 aromatic rings. The Morgan fingerprint density at radius 3 is 2.08 bits per heavy atom. The second kappa shape index (κ2) is 5.70. The molecule has 3 atom stereocenters. The lowest BCUT2D eigenvalue weighted by atomic mass is 10.2. The number of nitrogens with two attached hydrogens (primary N) is 1. The number of rotatable bonds is 5. The second-order valence-electron chi connectivity index (χ2n) is 3.84. The van der Waals surface area contributed by atoms with Gasteiger partial charge in [0.05, 0.1) is 0 Å². The minimum atomic E-state index is -0.705. The van der Waals surface area contributed by atoms with Gasteiger partial charge in [-0.3, -0.25) is 4.21 Å². The highest BCUT2D eigenvalue weighted by atomic mass is 32.2. The first kappa shape index (κ1) is 12.1. The van der Waals surface area contributed by atoms with E-state index in [-0.39, 0.29) is 0 Å². The number of hydrogen-bond acceptors (Lipinski definition) is 2. The summed E-state index contributed by atoms with van der Waals surface area (Å²) in [4.78, 5) is 0. The molecule has 0 aromatic heterocycles. The summed E-state index contributed by atoms with van der Waals surface area (Å²) >= 11 is 0. The maximum atomic E-state index is 11.6. The zero-order chi connectivity index (χ0) is 9.72. The average Bonchev–Trinajstić information content (AvgIpc) is 2.02. The van der Waals surface area contributed by atoms with Crippen molar-refractivity contribution < 1.29 is 4.21 Å². The molecule has 0 heterocycles. The molecule has 0 aliphatic rings. The van der Waals surface area contributed by atoms with Crippen molar-refractivity contribution in [2.24, 2.45) is 17.6 Å². The molecule has 0 aliphatic carbocycles. The van der Waals surface area contributed by atoms with Crippen LogP contribution in [-0.4, -0.2) is 21.8 Å². The van der Waals surface area contributed by atoms with Crippen LogP contribution in [0.15, 0.2) is 0 Å². The van der Waals surface area contributed by atoms with Crippen molar-refractivity contribution in [3.63, 3.8) is 0 Å². The Kier molecular flexibility index (Phi) is 5.76. The minimum Gasteiger partial charge on any atom is -0.330 e. The summed E-state index contributed by atoms with van der Waals surface area (Å²) in [6.07, 6.45) is 0. The van der Waals surface area contributed by atoms with Crippen molar-refractivity contribution in [1.29, 1.82) is 0 Å².